The van der Waals surface area contributed by atoms with E-state index in [1.54, 1.807) is 6.92 Å². The fourth-order valence-corrected chi connectivity index (χ4v) is 2.56. The number of carbonyl (C=O) groups excluding carboxylic acids is 1. The van der Waals surface area contributed by atoms with Crippen LogP contribution in [0.4, 0.5) is 0 Å². The molecule has 0 N–H and O–H groups in total. The zero-order valence-electron chi connectivity index (χ0n) is 16.8. The molecule has 0 atom stereocenters. The Morgan fingerprint density at radius 3 is 1.56 bits per heavy atom. The molecule has 0 spiro atoms. The van der Waals surface area contributed by atoms with Crippen molar-refractivity contribution in [2.75, 3.05) is 77.1 Å². The molecule has 0 aliphatic heterocycles. The lowest BCUT2D eigenvalue weighted by molar-refractivity contribution is -0.144. The van der Waals surface area contributed by atoms with Crippen molar-refractivity contribution in [3.8, 4) is 0 Å². The van der Waals surface area contributed by atoms with Gasteiger partial charge in [0.15, 0.2) is 0 Å². The molecule has 8 heteroatoms. The van der Waals surface area contributed by atoms with E-state index >= 15 is 0 Å². The summed E-state index contributed by atoms with van der Waals surface area (Å²) in [5.41, 5.74) is 0. The van der Waals surface area contributed by atoms with Gasteiger partial charge in [0.2, 0.25) is 0 Å². The van der Waals surface area contributed by atoms with E-state index in [0.717, 1.165) is 13.0 Å². The first kappa shape index (κ1) is 27.0. The largest absolute Gasteiger partial charge is 0.466 e. The van der Waals surface area contributed by atoms with Crippen molar-refractivity contribution < 1.29 is 33.2 Å². The molecule has 0 fully saturated rings. The predicted molar refractivity (Wildman–Crippen MR) is 113 cm³/mol. The van der Waals surface area contributed by atoms with Gasteiger partial charge in [0.1, 0.15) is 0 Å². The quantitative estimate of drug-likeness (QED) is 0.0972. The minimum absolute atomic E-state index is 0.234. The standard InChI is InChI=1S/C19H37IO7/c1-2-27-19(21)7-10-23-12-14-25-16-18-26-17-15-24-13-11-22-9-6-4-3-5-8-20/h2-18H2,1H3. The van der Waals surface area contributed by atoms with Crippen molar-refractivity contribution >= 4 is 28.6 Å². The Balaban J connectivity index is 3.02. The van der Waals surface area contributed by atoms with Crippen molar-refractivity contribution in [3.05, 3.63) is 0 Å². The van der Waals surface area contributed by atoms with Gasteiger partial charge in [0, 0.05) is 6.61 Å². The lowest BCUT2D eigenvalue weighted by atomic mass is 10.2. The van der Waals surface area contributed by atoms with Crippen LogP contribution in [0.1, 0.15) is 39.0 Å². The van der Waals surface area contributed by atoms with E-state index in [-0.39, 0.29) is 12.4 Å². The second-order valence-corrected chi connectivity index (χ2v) is 6.80. The molecule has 0 aromatic rings. The van der Waals surface area contributed by atoms with Crippen LogP contribution in [-0.2, 0) is 33.2 Å². The van der Waals surface area contributed by atoms with E-state index in [4.69, 9.17) is 28.4 Å². The molecule has 0 aromatic heterocycles. The first-order valence-electron chi connectivity index (χ1n) is 9.91. The van der Waals surface area contributed by atoms with Crippen LogP contribution in [0.5, 0.6) is 0 Å². The number of alkyl halides is 1. The maximum Gasteiger partial charge on any atom is 0.308 e. The average molecular weight is 504 g/mol. The summed E-state index contributed by atoms with van der Waals surface area (Å²) in [5.74, 6) is -0.234. The lowest BCUT2D eigenvalue weighted by Gasteiger charge is -2.08. The Hall–Kier alpha value is -0.000000000000000222. The van der Waals surface area contributed by atoms with Crippen LogP contribution in [0, 0.1) is 0 Å². The van der Waals surface area contributed by atoms with Gasteiger partial charge in [-0.25, -0.2) is 0 Å². The number of halogens is 1. The minimum Gasteiger partial charge on any atom is -0.466 e. The Kier molecular flexibility index (Phi) is 24.0. The summed E-state index contributed by atoms with van der Waals surface area (Å²) >= 11 is 2.41. The van der Waals surface area contributed by atoms with E-state index in [0.29, 0.717) is 66.1 Å². The number of hydrogen-bond acceptors (Lipinski definition) is 7. The number of esters is 1. The molecule has 0 aromatic carbocycles. The molecule has 0 aliphatic rings. The van der Waals surface area contributed by atoms with Crippen LogP contribution >= 0.6 is 22.6 Å². The Morgan fingerprint density at radius 2 is 1.07 bits per heavy atom. The van der Waals surface area contributed by atoms with Crippen molar-refractivity contribution in [1.82, 2.24) is 0 Å². The van der Waals surface area contributed by atoms with E-state index in [1.165, 1.54) is 23.7 Å². The number of ether oxygens (including phenoxy) is 6. The van der Waals surface area contributed by atoms with Gasteiger partial charge in [-0.3, -0.25) is 4.79 Å². The molecule has 0 saturated carbocycles. The second kappa shape index (κ2) is 24.0. The molecular formula is C19H37IO7. The Bertz CT molecular complexity index is 306. The van der Waals surface area contributed by atoms with Gasteiger partial charge in [-0.15, -0.1) is 0 Å². The zero-order valence-corrected chi connectivity index (χ0v) is 18.9. The highest BCUT2D eigenvalue weighted by Crippen LogP contribution is 2.02. The third-order valence-corrected chi connectivity index (χ3v) is 4.18. The van der Waals surface area contributed by atoms with Gasteiger partial charge in [0.05, 0.1) is 72.5 Å². The molecule has 0 unspecified atom stereocenters. The number of rotatable bonds is 22. The average Bonchev–Trinajstić information content (AvgIpc) is 2.66. The normalized spacial score (nSPS) is 11.0. The van der Waals surface area contributed by atoms with E-state index in [2.05, 4.69) is 22.6 Å². The highest BCUT2D eigenvalue weighted by molar-refractivity contribution is 14.1. The van der Waals surface area contributed by atoms with Crippen LogP contribution in [0.15, 0.2) is 0 Å². The highest BCUT2D eigenvalue weighted by Gasteiger charge is 2.00. The van der Waals surface area contributed by atoms with E-state index < -0.39 is 0 Å². The minimum atomic E-state index is -0.234. The molecule has 27 heavy (non-hydrogen) atoms. The summed E-state index contributed by atoms with van der Waals surface area (Å²) < 4.78 is 33.0. The van der Waals surface area contributed by atoms with E-state index in [1.807, 2.05) is 0 Å². The summed E-state index contributed by atoms with van der Waals surface area (Å²) in [7, 11) is 0. The van der Waals surface area contributed by atoms with Crippen LogP contribution in [0.25, 0.3) is 0 Å². The molecule has 0 saturated heterocycles. The van der Waals surface area contributed by atoms with Crippen LogP contribution in [0.2, 0.25) is 0 Å². The third kappa shape index (κ3) is 24.0. The fourth-order valence-electron chi connectivity index (χ4n) is 2.02. The SMILES string of the molecule is CCOC(=O)CCOCCOCCOCCOCCOCCCCCCI. The van der Waals surface area contributed by atoms with Crippen LogP contribution in [-0.4, -0.2) is 83.1 Å². The summed E-state index contributed by atoms with van der Waals surface area (Å²) in [6.45, 7) is 7.73. The molecular weight excluding hydrogens is 467 g/mol. The van der Waals surface area contributed by atoms with Crippen LogP contribution < -0.4 is 0 Å². The maximum atomic E-state index is 11.1. The van der Waals surface area contributed by atoms with Crippen molar-refractivity contribution in [3.63, 3.8) is 0 Å². The van der Waals surface area contributed by atoms with Crippen molar-refractivity contribution in [2.45, 2.75) is 39.0 Å². The van der Waals surface area contributed by atoms with E-state index in [9.17, 15) is 4.79 Å². The number of carbonyl (C=O) groups is 1. The van der Waals surface area contributed by atoms with Gasteiger partial charge < -0.3 is 28.4 Å². The summed E-state index contributed by atoms with van der Waals surface area (Å²) in [5, 5.41) is 0. The van der Waals surface area contributed by atoms with Gasteiger partial charge in [-0.05, 0) is 24.2 Å². The molecule has 0 rings (SSSR count). The number of hydrogen-bond donors (Lipinski definition) is 0. The lowest BCUT2D eigenvalue weighted by Crippen LogP contribution is -2.14. The molecule has 7 nitrogen and oxygen atoms in total. The number of unbranched alkanes of at least 4 members (excludes halogenated alkanes) is 3. The van der Waals surface area contributed by atoms with Crippen LogP contribution in [0.3, 0.4) is 0 Å². The predicted octanol–water partition coefficient (Wildman–Crippen LogP) is 3.02. The molecule has 0 aliphatic carbocycles. The van der Waals surface area contributed by atoms with Gasteiger partial charge in [-0.1, -0.05) is 35.4 Å². The topological polar surface area (TPSA) is 72.5 Å². The van der Waals surface area contributed by atoms with Gasteiger partial charge in [-0.2, -0.15) is 0 Å². The first-order valence-corrected chi connectivity index (χ1v) is 11.4. The monoisotopic (exact) mass is 504 g/mol. The van der Waals surface area contributed by atoms with Crippen molar-refractivity contribution in [1.29, 1.82) is 0 Å². The molecule has 0 bridgehead atoms. The maximum absolute atomic E-state index is 11.1. The summed E-state index contributed by atoms with van der Waals surface area (Å²) in [6, 6.07) is 0. The second-order valence-electron chi connectivity index (χ2n) is 5.72. The summed E-state index contributed by atoms with van der Waals surface area (Å²) in [6.07, 6.45) is 5.27. The molecule has 0 radical (unpaired) electrons. The van der Waals surface area contributed by atoms with Gasteiger partial charge >= 0.3 is 5.97 Å². The molecule has 162 valence electrons. The highest BCUT2D eigenvalue weighted by atomic mass is 127. The Morgan fingerprint density at radius 1 is 0.630 bits per heavy atom. The van der Waals surface area contributed by atoms with Gasteiger partial charge in [0.25, 0.3) is 0 Å². The smallest absolute Gasteiger partial charge is 0.308 e. The fraction of sp³-hybridized carbons (Fsp3) is 0.947. The van der Waals surface area contributed by atoms with Crippen molar-refractivity contribution in [2.24, 2.45) is 0 Å². The first-order chi connectivity index (χ1) is 13.3. The zero-order chi connectivity index (χ0) is 19.8. The Labute approximate surface area is 177 Å². The molecule has 0 amide bonds. The molecule has 0 heterocycles. The summed E-state index contributed by atoms with van der Waals surface area (Å²) in [4.78, 5) is 11.1. The third-order valence-electron chi connectivity index (χ3n) is 3.42.